The molecule has 8 nitrogen and oxygen atoms in total. The molecule has 0 spiro atoms. The molecule has 1 amide bonds. The monoisotopic (exact) mass is 423 g/mol. The fraction of sp³-hybridized carbons (Fsp3) is 0.167. The van der Waals surface area contributed by atoms with Gasteiger partial charge in [0.25, 0.3) is 0 Å². The number of thiocarbonyl (C=S) groups is 1. The second-order valence-corrected chi connectivity index (χ2v) is 6.33. The summed E-state index contributed by atoms with van der Waals surface area (Å²) in [6, 6.07) is 7.62. The molecule has 2 aromatic carbocycles. The maximum absolute atomic E-state index is 11.4. The first-order valence-corrected chi connectivity index (χ1v) is 8.68. The number of methoxy groups -OCH3 is 2. The van der Waals surface area contributed by atoms with Crippen LogP contribution in [-0.2, 0) is 4.79 Å². The average molecular weight is 424 g/mol. The number of carbonyl (C=O) groups excluding carboxylic acids is 1. The number of carboxylic acids is 1. The highest BCUT2D eigenvalue weighted by molar-refractivity contribution is 7.80. The van der Waals surface area contributed by atoms with Gasteiger partial charge in [-0.3, -0.25) is 4.79 Å². The van der Waals surface area contributed by atoms with Gasteiger partial charge in [0.05, 0.1) is 36.2 Å². The Morgan fingerprint density at radius 3 is 2.25 bits per heavy atom. The van der Waals surface area contributed by atoms with Gasteiger partial charge in [0.15, 0.2) is 5.11 Å². The van der Waals surface area contributed by atoms with Crippen molar-refractivity contribution in [2.75, 3.05) is 30.2 Å². The lowest BCUT2D eigenvalue weighted by atomic mass is 10.1. The lowest BCUT2D eigenvalue weighted by molar-refractivity contribution is -0.114. The number of halogens is 1. The molecule has 4 N–H and O–H groups in total. The van der Waals surface area contributed by atoms with Crippen LogP contribution in [-0.4, -0.2) is 36.3 Å². The molecule has 0 atom stereocenters. The summed E-state index contributed by atoms with van der Waals surface area (Å²) in [5.74, 6) is -0.654. The molecule has 0 bridgehead atoms. The summed E-state index contributed by atoms with van der Waals surface area (Å²) in [4.78, 5) is 22.6. The third-order valence-corrected chi connectivity index (χ3v) is 4.04. The van der Waals surface area contributed by atoms with Crippen LogP contribution in [0.25, 0.3) is 0 Å². The summed E-state index contributed by atoms with van der Waals surface area (Å²) in [6.07, 6.45) is 0. The maximum atomic E-state index is 11.4. The first-order chi connectivity index (χ1) is 13.2. The van der Waals surface area contributed by atoms with Crippen LogP contribution in [0, 0.1) is 0 Å². The Morgan fingerprint density at radius 1 is 1.00 bits per heavy atom. The lowest BCUT2D eigenvalue weighted by Crippen LogP contribution is -2.20. The quantitative estimate of drug-likeness (QED) is 0.519. The molecule has 0 aliphatic carbocycles. The molecule has 2 rings (SSSR count). The minimum Gasteiger partial charge on any atom is -0.495 e. The predicted molar refractivity (Wildman–Crippen MR) is 112 cm³/mol. The molecule has 0 saturated carbocycles. The van der Waals surface area contributed by atoms with Crippen LogP contribution in [0.5, 0.6) is 11.5 Å². The van der Waals surface area contributed by atoms with Gasteiger partial charge in [-0.05, 0) is 36.5 Å². The normalized spacial score (nSPS) is 10.0. The van der Waals surface area contributed by atoms with Crippen molar-refractivity contribution in [1.29, 1.82) is 0 Å². The number of rotatable bonds is 6. The van der Waals surface area contributed by atoms with Gasteiger partial charge in [-0.15, -0.1) is 0 Å². The van der Waals surface area contributed by atoms with E-state index in [1.165, 1.54) is 33.3 Å². The highest BCUT2D eigenvalue weighted by Crippen LogP contribution is 2.36. The molecule has 148 valence electrons. The van der Waals surface area contributed by atoms with Crippen LogP contribution in [0.2, 0.25) is 5.02 Å². The molecule has 28 heavy (non-hydrogen) atoms. The number of anilines is 3. The van der Waals surface area contributed by atoms with Crippen LogP contribution in [0.4, 0.5) is 17.1 Å². The molecule has 10 heteroatoms. The lowest BCUT2D eigenvalue weighted by Gasteiger charge is -2.16. The maximum Gasteiger partial charge on any atom is 0.337 e. The van der Waals surface area contributed by atoms with Gasteiger partial charge in [0.2, 0.25) is 5.91 Å². The fourth-order valence-corrected chi connectivity index (χ4v) is 2.81. The zero-order valence-electron chi connectivity index (χ0n) is 15.3. The van der Waals surface area contributed by atoms with Gasteiger partial charge < -0.3 is 30.5 Å². The predicted octanol–water partition coefficient (Wildman–Crippen LogP) is 3.82. The Labute approximate surface area is 171 Å². The Balaban J connectivity index is 2.21. The molecule has 0 aliphatic rings. The van der Waals surface area contributed by atoms with E-state index in [1.54, 1.807) is 18.2 Å². The van der Waals surface area contributed by atoms with Crippen molar-refractivity contribution >= 4 is 57.9 Å². The summed E-state index contributed by atoms with van der Waals surface area (Å²) < 4.78 is 10.4. The number of carboxylic acid groups (broad SMARTS) is 1. The smallest absolute Gasteiger partial charge is 0.337 e. The summed E-state index contributed by atoms with van der Waals surface area (Å²) in [5, 5.41) is 18.2. The van der Waals surface area contributed by atoms with Gasteiger partial charge in [0.1, 0.15) is 11.5 Å². The van der Waals surface area contributed by atoms with Crippen molar-refractivity contribution in [2.24, 2.45) is 0 Å². The molecule has 2 aromatic rings. The number of aromatic carboxylic acids is 1. The summed E-state index contributed by atoms with van der Waals surface area (Å²) in [6.45, 7) is 1.30. The molecule has 0 saturated heterocycles. The summed E-state index contributed by atoms with van der Waals surface area (Å²) in [5.41, 5.74) is 1.03. The highest BCUT2D eigenvalue weighted by atomic mass is 35.5. The van der Waals surface area contributed by atoms with E-state index < -0.39 is 5.97 Å². The number of amides is 1. The van der Waals surface area contributed by atoms with Gasteiger partial charge in [0, 0.05) is 18.7 Å². The molecule has 0 fully saturated rings. The van der Waals surface area contributed by atoms with Crippen LogP contribution < -0.4 is 25.4 Å². The number of benzene rings is 2. The summed E-state index contributed by atoms with van der Waals surface area (Å²) >= 11 is 11.4. The van der Waals surface area contributed by atoms with Crippen molar-refractivity contribution in [3.8, 4) is 11.5 Å². The van der Waals surface area contributed by atoms with Gasteiger partial charge in [-0.25, -0.2) is 4.79 Å². The van der Waals surface area contributed by atoms with Crippen molar-refractivity contribution in [3.05, 3.63) is 40.9 Å². The molecular weight excluding hydrogens is 406 g/mol. The fourth-order valence-electron chi connectivity index (χ4n) is 2.34. The first-order valence-electron chi connectivity index (χ1n) is 7.89. The van der Waals surface area contributed by atoms with Gasteiger partial charge >= 0.3 is 5.97 Å². The van der Waals surface area contributed by atoms with E-state index in [0.717, 1.165) is 0 Å². The molecular formula is C18H18ClN3O5S. The van der Waals surface area contributed by atoms with Crippen LogP contribution in [0.3, 0.4) is 0 Å². The minimum absolute atomic E-state index is 0.0759. The molecule has 0 unspecified atom stereocenters. The van der Waals surface area contributed by atoms with Gasteiger partial charge in [-0.1, -0.05) is 11.6 Å². The van der Waals surface area contributed by atoms with E-state index in [1.807, 2.05) is 0 Å². The first kappa shape index (κ1) is 21.3. The number of hydrogen-bond donors (Lipinski definition) is 4. The van der Waals surface area contributed by atoms with Crippen molar-refractivity contribution in [2.45, 2.75) is 6.92 Å². The second-order valence-electron chi connectivity index (χ2n) is 5.51. The zero-order valence-corrected chi connectivity index (χ0v) is 16.8. The number of nitrogens with one attached hydrogen (secondary N) is 3. The van der Waals surface area contributed by atoms with E-state index in [-0.39, 0.29) is 22.3 Å². The summed E-state index contributed by atoms with van der Waals surface area (Å²) in [7, 11) is 2.98. The van der Waals surface area contributed by atoms with E-state index >= 15 is 0 Å². The Bertz CT molecular complexity index is 936. The van der Waals surface area contributed by atoms with Crippen LogP contribution in [0.15, 0.2) is 30.3 Å². The molecule has 0 heterocycles. The van der Waals surface area contributed by atoms with Crippen molar-refractivity contribution in [1.82, 2.24) is 0 Å². The average Bonchev–Trinajstić information content (AvgIpc) is 2.62. The SMILES string of the molecule is COc1cc(OC)c(NC(=S)Nc2ccc(NC(C)=O)c(C(=O)O)c2)cc1Cl. The molecule has 0 aliphatic heterocycles. The van der Waals surface area contributed by atoms with Crippen LogP contribution in [0.1, 0.15) is 17.3 Å². The van der Waals surface area contributed by atoms with Crippen molar-refractivity contribution < 1.29 is 24.2 Å². The van der Waals surface area contributed by atoms with E-state index in [2.05, 4.69) is 16.0 Å². The zero-order chi connectivity index (χ0) is 20.8. The number of hydrogen-bond acceptors (Lipinski definition) is 5. The Kier molecular flexibility index (Phi) is 7.02. The standard InChI is InChI=1S/C18H18ClN3O5S/c1-9(23)20-13-5-4-10(6-11(13)17(24)25)21-18(28)22-14-7-12(19)15(26-2)8-16(14)27-3/h4-8H,1-3H3,(H,20,23)(H,24,25)(H2,21,22,28). The number of carbonyl (C=O) groups is 2. The molecule has 0 radical (unpaired) electrons. The Morgan fingerprint density at radius 2 is 1.68 bits per heavy atom. The van der Waals surface area contributed by atoms with E-state index in [4.69, 9.17) is 33.3 Å². The Hall–Kier alpha value is -3.04. The van der Waals surface area contributed by atoms with Crippen molar-refractivity contribution in [3.63, 3.8) is 0 Å². The third kappa shape index (κ3) is 5.24. The highest BCUT2D eigenvalue weighted by Gasteiger charge is 2.14. The second kappa shape index (κ2) is 9.25. The molecule has 0 aromatic heterocycles. The van der Waals surface area contributed by atoms with E-state index in [0.29, 0.717) is 27.9 Å². The largest absolute Gasteiger partial charge is 0.495 e. The van der Waals surface area contributed by atoms with Crippen LogP contribution >= 0.6 is 23.8 Å². The minimum atomic E-state index is -1.19. The number of ether oxygens (including phenoxy) is 2. The van der Waals surface area contributed by atoms with Gasteiger partial charge in [-0.2, -0.15) is 0 Å². The van der Waals surface area contributed by atoms with E-state index in [9.17, 15) is 14.7 Å². The third-order valence-electron chi connectivity index (χ3n) is 3.54. The topological polar surface area (TPSA) is 109 Å².